The van der Waals surface area contributed by atoms with Crippen LogP contribution in [0.4, 0.5) is 0 Å². The zero-order valence-electron chi connectivity index (χ0n) is 13.9. The van der Waals surface area contributed by atoms with Gasteiger partial charge < -0.3 is 18.9 Å². The normalized spacial score (nSPS) is 11.9. The molecule has 0 aliphatic heterocycles. The molecule has 0 fully saturated rings. The second kappa shape index (κ2) is 19.2. The molecule has 0 radical (unpaired) electrons. The van der Waals surface area contributed by atoms with Crippen LogP contribution in [0.1, 0.15) is 39.5 Å². The van der Waals surface area contributed by atoms with Crippen LogP contribution in [0.5, 0.6) is 0 Å². The van der Waals surface area contributed by atoms with Gasteiger partial charge in [0.05, 0.1) is 51.5 Å². The van der Waals surface area contributed by atoms with Gasteiger partial charge in [0.1, 0.15) is 0 Å². The Labute approximate surface area is 135 Å². The van der Waals surface area contributed by atoms with Crippen LogP contribution in [0.15, 0.2) is 49.4 Å². The molecule has 0 saturated heterocycles. The van der Waals surface area contributed by atoms with Crippen molar-refractivity contribution in [1.29, 1.82) is 0 Å². The molecule has 126 valence electrons. The molecule has 4 heteroatoms. The Morgan fingerprint density at radius 2 is 0.955 bits per heavy atom. The molecule has 0 saturated carbocycles. The third-order valence-electron chi connectivity index (χ3n) is 2.43. The Kier molecular flexibility index (Phi) is 17.6. The Hall–Kier alpha value is -1.84. The van der Waals surface area contributed by atoms with Gasteiger partial charge in [-0.1, -0.05) is 12.2 Å². The fourth-order valence-corrected chi connectivity index (χ4v) is 1.38. The summed E-state index contributed by atoms with van der Waals surface area (Å²) in [5.41, 5.74) is 0. The first kappa shape index (κ1) is 20.2. The zero-order chi connectivity index (χ0) is 16.1. The molecule has 0 aliphatic rings. The minimum absolute atomic E-state index is 0.685. The molecule has 0 spiro atoms. The van der Waals surface area contributed by atoms with E-state index in [1.165, 1.54) is 0 Å². The fourth-order valence-electron chi connectivity index (χ4n) is 1.38. The van der Waals surface area contributed by atoms with Crippen LogP contribution in [0.2, 0.25) is 0 Å². The standard InChI is InChI=1S/C18H30O4/c1-3-11-19-13-5-7-15-21-17-9-10-18-22-16-8-6-14-20-12-4-2/h3-4,7-8,11-12,15-16H,5-6,9-10,13-14,17-18H2,1-2H3/b11-3+,12-4+,15-7+,16-8+. The second-order valence-electron chi connectivity index (χ2n) is 4.45. The topological polar surface area (TPSA) is 36.9 Å². The minimum atomic E-state index is 0.685. The largest absolute Gasteiger partial charge is 0.502 e. The summed E-state index contributed by atoms with van der Waals surface area (Å²) in [4.78, 5) is 0. The van der Waals surface area contributed by atoms with Crippen LogP contribution >= 0.6 is 0 Å². The third-order valence-corrected chi connectivity index (χ3v) is 2.43. The van der Waals surface area contributed by atoms with E-state index >= 15 is 0 Å². The first-order chi connectivity index (χ1) is 10.9. The van der Waals surface area contributed by atoms with E-state index in [0.29, 0.717) is 13.2 Å². The van der Waals surface area contributed by atoms with Gasteiger partial charge in [-0.2, -0.15) is 0 Å². The number of hydrogen-bond acceptors (Lipinski definition) is 4. The van der Waals surface area contributed by atoms with Crippen LogP contribution < -0.4 is 0 Å². The summed E-state index contributed by atoms with van der Waals surface area (Å²) >= 11 is 0. The van der Waals surface area contributed by atoms with Gasteiger partial charge in [-0.25, -0.2) is 0 Å². The van der Waals surface area contributed by atoms with Gasteiger partial charge in [0, 0.05) is 12.8 Å². The number of rotatable bonds is 15. The van der Waals surface area contributed by atoms with Gasteiger partial charge in [-0.05, 0) is 38.8 Å². The maximum Gasteiger partial charge on any atom is 0.0908 e. The molecule has 4 nitrogen and oxygen atoms in total. The Morgan fingerprint density at radius 3 is 1.36 bits per heavy atom. The molecule has 0 aromatic rings. The molecule has 0 aromatic carbocycles. The van der Waals surface area contributed by atoms with Crippen molar-refractivity contribution in [3.05, 3.63) is 49.4 Å². The van der Waals surface area contributed by atoms with E-state index in [0.717, 1.165) is 38.9 Å². The Balaban J connectivity index is 3.16. The smallest absolute Gasteiger partial charge is 0.0908 e. The van der Waals surface area contributed by atoms with Gasteiger partial charge >= 0.3 is 0 Å². The van der Waals surface area contributed by atoms with Gasteiger partial charge in [0.15, 0.2) is 0 Å². The number of unbranched alkanes of at least 4 members (excludes halogenated alkanes) is 1. The second-order valence-corrected chi connectivity index (χ2v) is 4.45. The van der Waals surface area contributed by atoms with Crippen LogP contribution in [-0.2, 0) is 18.9 Å². The molecule has 0 aliphatic carbocycles. The summed E-state index contributed by atoms with van der Waals surface area (Å²) in [6, 6.07) is 0. The van der Waals surface area contributed by atoms with Gasteiger partial charge in [-0.3, -0.25) is 0 Å². The highest BCUT2D eigenvalue weighted by molar-refractivity contribution is 4.75. The monoisotopic (exact) mass is 310 g/mol. The summed E-state index contributed by atoms with van der Waals surface area (Å²) in [5, 5.41) is 0. The highest BCUT2D eigenvalue weighted by Crippen LogP contribution is 1.95. The molecule has 0 heterocycles. The van der Waals surface area contributed by atoms with E-state index in [1.807, 2.05) is 38.2 Å². The van der Waals surface area contributed by atoms with Gasteiger partial charge in [-0.15, -0.1) is 0 Å². The molecule has 0 unspecified atom stereocenters. The summed E-state index contributed by atoms with van der Waals surface area (Å²) in [5.74, 6) is 0. The lowest BCUT2D eigenvalue weighted by molar-refractivity contribution is 0.202. The predicted molar refractivity (Wildman–Crippen MR) is 90.2 cm³/mol. The summed E-state index contributed by atoms with van der Waals surface area (Å²) in [6.45, 7) is 6.66. The van der Waals surface area contributed by atoms with Crippen molar-refractivity contribution in [1.82, 2.24) is 0 Å². The van der Waals surface area contributed by atoms with E-state index in [2.05, 4.69) is 0 Å². The molecule has 0 bridgehead atoms. The molecule has 0 N–H and O–H groups in total. The lowest BCUT2D eigenvalue weighted by Gasteiger charge is -2.02. The van der Waals surface area contributed by atoms with Crippen molar-refractivity contribution in [3.63, 3.8) is 0 Å². The quantitative estimate of drug-likeness (QED) is 0.324. The van der Waals surface area contributed by atoms with Crippen molar-refractivity contribution in [2.45, 2.75) is 39.5 Å². The number of ether oxygens (including phenoxy) is 4. The van der Waals surface area contributed by atoms with Crippen molar-refractivity contribution < 1.29 is 18.9 Å². The minimum Gasteiger partial charge on any atom is -0.502 e. The lowest BCUT2D eigenvalue weighted by atomic mass is 10.3. The van der Waals surface area contributed by atoms with E-state index in [4.69, 9.17) is 18.9 Å². The van der Waals surface area contributed by atoms with Crippen LogP contribution in [0, 0.1) is 0 Å². The first-order valence-electron chi connectivity index (χ1n) is 7.90. The fraction of sp³-hybridized carbons (Fsp3) is 0.556. The van der Waals surface area contributed by atoms with Gasteiger partial charge in [0.2, 0.25) is 0 Å². The highest BCUT2D eigenvalue weighted by atomic mass is 16.5. The van der Waals surface area contributed by atoms with Crippen molar-refractivity contribution in [3.8, 4) is 0 Å². The maximum atomic E-state index is 5.37. The highest BCUT2D eigenvalue weighted by Gasteiger charge is 1.88. The lowest BCUT2D eigenvalue weighted by Crippen LogP contribution is -1.93. The van der Waals surface area contributed by atoms with E-state index in [1.54, 1.807) is 25.0 Å². The molecule has 0 atom stereocenters. The van der Waals surface area contributed by atoms with Gasteiger partial charge in [0.25, 0.3) is 0 Å². The maximum absolute atomic E-state index is 5.37. The molecular formula is C18H30O4. The van der Waals surface area contributed by atoms with E-state index in [9.17, 15) is 0 Å². The zero-order valence-corrected chi connectivity index (χ0v) is 13.9. The van der Waals surface area contributed by atoms with Crippen LogP contribution in [-0.4, -0.2) is 26.4 Å². The molecule has 0 rings (SSSR count). The molecular weight excluding hydrogens is 280 g/mol. The number of hydrogen-bond donors (Lipinski definition) is 0. The van der Waals surface area contributed by atoms with Crippen molar-refractivity contribution in [2.24, 2.45) is 0 Å². The Morgan fingerprint density at radius 1 is 0.545 bits per heavy atom. The SMILES string of the molecule is C/C=C/OCC/C=C/OCCCCO/C=C/CCO/C=C/C. The van der Waals surface area contributed by atoms with E-state index in [-0.39, 0.29) is 0 Å². The third kappa shape index (κ3) is 18.2. The Bertz CT molecular complexity index is 287. The van der Waals surface area contributed by atoms with Crippen LogP contribution in [0.3, 0.4) is 0 Å². The average molecular weight is 310 g/mol. The molecule has 22 heavy (non-hydrogen) atoms. The predicted octanol–water partition coefficient (Wildman–Crippen LogP) is 4.71. The number of allylic oxidation sites excluding steroid dienone is 2. The van der Waals surface area contributed by atoms with E-state index < -0.39 is 0 Å². The molecule has 0 aromatic heterocycles. The summed E-state index contributed by atoms with van der Waals surface area (Å²) in [7, 11) is 0. The summed E-state index contributed by atoms with van der Waals surface area (Å²) in [6.07, 6.45) is 18.2. The van der Waals surface area contributed by atoms with Crippen LogP contribution in [0.25, 0.3) is 0 Å². The first-order valence-corrected chi connectivity index (χ1v) is 7.90. The molecule has 0 amide bonds. The van der Waals surface area contributed by atoms with Crippen molar-refractivity contribution >= 4 is 0 Å². The average Bonchev–Trinajstić information content (AvgIpc) is 2.54. The van der Waals surface area contributed by atoms with Crippen molar-refractivity contribution in [2.75, 3.05) is 26.4 Å². The summed E-state index contributed by atoms with van der Waals surface area (Å²) < 4.78 is 21.1.